The van der Waals surface area contributed by atoms with Crippen LogP contribution in [0.1, 0.15) is 23.8 Å². The Morgan fingerprint density at radius 3 is 2.58 bits per heavy atom. The third-order valence-corrected chi connectivity index (χ3v) is 3.60. The van der Waals surface area contributed by atoms with Crippen LogP contribution < -0.4 is 10.1 Å². The molecule has 0 unspecified atom stereocenters. The molecule has 7 heteroatoms. The van der Waals surface area contributed by atoms with E-state index in [4.69, 9.17) is 4.74 Å². The number of anilines is 1. The van der Waals surface area contributed by atoms with E-state index in [0.29, 0.717) is 29.3 Å². The second kappa shape index (κ2) is 7.77. The molecule has 1 aromatic heterocycles. The van der Waals surface area contributed by atoms with E-state index in [0.717, 1.165) is 6.42 Å². The van der Waals surface area contributed by atoms with Gasteiger partial charge in [-0.05, 0) is 55.0 Å². The number of rotatable bonds is 6. The maximum atomic E-state index is 13.6. The van der Waals surface area contributed by atoms with E-state index in [1.54, 1.807) is 0 Å². The Morgan fingerprint density at radius 1 is 1.12 bits per heavy atom. The van der Waals surface area contributed by atoms with Crippen LogP contribution in [0.15, 0.2) is 48.5 Å². The highest BCUT2D eigenvalue weighted by atomic mass is 19.1. The smallest absolute Gasteiger partial charge is 0.273 e. The molecule has 5 nitrogen and oxygen atoms in total. The van der Waals surface area contributed by atoms with Crippen molar-refractivity contribution in [1.29, 1.82) is 0 Å². The molecule has 3 aromatic rings. The fourth-order valence-electron chi connectivity index (χ4n) is 2.35. The number of halogens is 2. The predicted octanol–water partition coefficient (Wildman–Crippen LogP) is 4.40. The average Bonchev–Trinajstić information content (AvgIpc) is 3.13. The number of nitrogens with one attached hydrogen (secondary N) is 2. The molecule has 0 aliphatic heterocycles. The molecule has 0 radical (unpaired) electrons. The number of benzene rings is 2. The van der Waals surface area contributed by atoms with Gasteiger partial charge in [0.2, 0.25) is 0 Å². The van der Waals surface area contributed by atoms with E-state index in [2.05, 4.69) is 15.5 Å². The van der Waals surface area contributed by atoms with E-state index in [9.17, 15) is 13.6 Å². The molecule has 2 aromatic carbocycles. The number of hydrogen-bond donors (Lipinski definition) is 2. The van der Waals surface area contributed by atoms with Crippen molar-refractivity contribution in [3.05, 3.63) is 65.9 Å². The summed E-state index contributed by atoms with van der Waals surface area (Å²) in [6, 6.07) is 11.1. The zero-order valence-electron chi connectivity index (χ0n) is 14.1. The summed E-state index contributed by atoms with van der Waals surface area (Å²) >= 11 is 0. The number of aromatic nitrogens is 2. The van der Waals surface area contributed by atoms with Gasteiger partial charge in [-0.15, -0.1) is 0 Å². The lowest BCUT2D eigenvalue weighted by Gasteiger charge is -2.09. The van der Waals surface area contributed by atoms with Crippen molar-refractivity contribution in [2.24, 2.45) is 0 Å². The van der Waals surface area contributed by atoms with Gasteiger partial charge in [0, 0.05) is 11.3 Å². The molecule has 0 saturated heterocycles. The molecule has 0 aliphatic rings. The van der Waals surface area contributed by atoms with Gasteiger partial charge in [-0.3, -0.25) is 9.89 Å². The molecule has 3 rings (SSSR count). The third kappa shape index (κ3) is 4.05. The molecule has 0 atom stereocenters. The third-order valence-electron chi connectivity index (χ3n) is 3.60. The Bertz CT molecular complexity index is 907. The lowest BCUT2D eigenvalue weighted by molar-refractivity contribution is 0.102. The van der Waals surface area contributed by atoms with Crippen LogP contribution in [0.5, 0.6) is 5.75 Å². The fourth-order valence-corrected chi connectivity index (χ4v) is 2.35. The molecule has 0 bridgehead atoms. The SMILES string of the molecule is CCCOc1ccc(F)cc1-c1cc(C(=O)Nc2ccc(F)cc2)[nH]n1. The molecule has 0 aliphatic carbocycles. The number of aromatic amines is 1. The molecule has 134 valence electrons. The zero-order valence-corrected chi connectivity index (χ0v) is 14.1. The molecule has 1 amide bonds. The number of nitrogens with zero attached hydrogens (tertiary/aromatic N) is 1. The lowest BCUT2D eigenvalue weighted by Crippen LogP contribution is -2.12. The summed E-state index contributed by atoms with van der Waals surface area (Å²) in [5, 5.41) is 9.33. The van der Waals surface area contributed by atoms with Crippen LogP contribution in [0.25, 0.3) is 11.3 Å². The van der Waals surface area contributed by atoms with Crippen molar-refractivity contribution in [2.75, 3.05) is 11.9 Å². The van der Waals surface area contributed by atoms with Crippen molar-refractivity contribution in [3.63, 3.8) is 0 Å². The molecule has 0 saturated carbocycles. The highest BCUT2D eigenvalue weighted by molar-refractivity contribution is 6.03. The van der Waals surface area contributed by atoms with Gasteiger partial charge in [-0.1, -0.05) is 6.92 Å². The Hall–Kier alpha value is -3.22. The van der Waals surface area contributed by atoms with Gasteiger partial charge >= 0.3 is 0 Å². The van der Waals surface area contributed by atoms with Crippen LogP contribution in [0.3, 0.4) is 0 Å². The standard InChI is InChI=1S/C19H17F2N3O2/c1-2-9-26-18-8-5-13(21)10-15(18)16-11-17(24-23-16)19(25)22-14-6-3-12(20)4-7-14/h3-8,10-11H,2,9H2,1H3,(H,22,25)(H,23,24). The van der Waals surface area contributed by atoms with Crippen LogP contribution in [0.4, 0.5) is 14.5 Å². The number of H-pyrrole nitrogens is 1. The van der Waals surface area contributed by atoms with Crippen LogP contribution in [0.2, 0.25) is 0 Å². The fraction of sp³-hybridized carbons (Fsp3) is 0.158. The lowest BCUT2D eigenvalue weighted by atomic mass is 10.1. The minimum Gasteiger partial charge on any atom is -0.493 e. The van der Waals surface area contributed by atoms with E-state index in [1.807, 2.05) is 6.92 Å². The van der Waals surface area contributed by atoms with E-state index >= 15 is 0 Å². The summed E-state index contributed by atoms with van der Waals surface area (Å²) in [4.78, 5) is 12.3. The van der Waals surface area contributed by atoms with Crippen molar-refractivity contribution in [3.8, 4) is 17.0 Å². The molecule has 26 heavy (non-hydrogen) atoms. The van der Waals surface area contributed by atoms with Gasteiger partial charge in [-0.25, -0.2) is 8.78 Å². The maximum Gasteiger partial charge on any atom is 0.273 e. The van der Waals surface area contributed by atoms with Crippen LogP contribution >= 0.6 is 0 Å². The molecule has 0 fully saturated rings. The second-order valence-corrected chi connectivity index (χ2v) is 5.62. The average molecular weight is 357 g/mol. The van der Waals surface area contributed by atoms with E-state index in [1.165, 1.54) is 48.5 Å². The summed E-state index contributed by atoms with van der Waals surface area (Å²) < 4.78 is 32.2. The first-order chi connectivity index (χ1) is 12.6. The first-order valence-corrected chi connectivity index (χ1v) is 8.12. The summed E-state index contributed by atoms with van der Waals surface area (Å²) in [7, 11) is 0. The Morgan fingerprint density at radius 2 is 1.85 bits per heavy atom. The summed E-state index contributed by atoms with van der Waals surface area (Å²) in [6.45, 7) is 2.45. The number of carbonyl (C=O) groups is 1. The Balaban J connectivity index is 1.82. The first kappa shape index (κ1) is 17.6. The van der Waals surface area contributed by atoms with Gasteiger partial charge in [-0.2, -0.15) is 5.10 Å². The highest BCUT2D eigenvalue weighted by Gasteiger charge is 2.15. The number of ether oxygens (including phenoxy) is 1. The van der Waals surface area contributed by atoms with Gasteiger partial charge in [0.1, 0.15) is 23.1 Å². The predicted molar refractivity (Wildman–Crippen MR) is 94.1 cm³/mol. The van der Waals surface area contributed by atoms with Crippen molar-refractivity contribution >= 4 is 11.6 Å². The largest absolute Gasteiger partial charge is 0.493 e. The van der Waals surface area contributed by atoms with Crippen molar-refractivity contribution in [2.45, 2.75) is 13.3 Å². The van der Waals surface area contributed by atoms with Gasteiger partial charge in [0.15, 0.2) is 0 Å². The van der Waals surface area contributed by atoms with Crippen molar-refractivity contribution < 1.29 is 18.3 Å². The monoisotopic (exact) mass is 357 g/mol. The summed E-state index contributed by atoms with van der Waals surface area (Å²) in [5.41, 5.74) is 1.48. The Kier molecular flexibility index (Phi) is 5.26. The second-order valence-electron chi connectivity index (χ2n) is 5.62. The zero-order chi connectivity index (χ0) is 18.5. The quantitative estimate of drug-likeness (QED) is 0.687. The first-order valence-electron chi connectivity index (χ1n) is 8.12. The van der Waals surface area contributed by atoms with Gasteiger partial charge < -0.3 is 10.1 Å². The highest BCUT2D eigenvalue weighted by Crippen LogP contribution is 2.30. The number of carbonyl (C=O) groups excluding carboxylic acids is 1. The molecule has 1 heterocycles. The van der Waals surface area contributed by atoms with Gasteiger partial charge in [0.05, 0.1) is 12.3 Å². The van der Waals surface area contributed by atoms with E-state index in [-0.39, 0.29) is 5.69 Å². The Labute approximate surface area is 149 Å². The molecule has 0 spiro atoms. The minimum atomic E-state index is -0.442. The van der Waals surface area contributed by atoms with Crippen LogP contribution in [0, 0.1) is 11.6 Å². The number of amides is 1. The van der Waals surface area contributed by atoms with Crippen molar-refractivity contribution in [1.82, 2.24) is 10.2 Å². The molecular formula is C19H17F2N3O2. The summed E-state index contributed by atoms with van der Waals surface area (Å²) in [6.07, 6.45) is 0.808. The van der Waals surface area contributed by atoms with Crippen LogP contribution in [-0.2, 0) is 0 Å². The summed E-state index contributed by atoms with van der Waals surface area (Å²) in [5.74, 6) is -0.769. The van der Waals surface area contributed by atoms with Gasteiger partial charge in [0.25, 0.3) is 5.91 Å². The minimum absolute atomic E-state index is 0.190. The molecular weight excluding hydrogens is 340 g/mol. The number of hydrogen-bond acceptors (Lipinski definition) is 3. The van der Waals surface area contributed by atoms with Crippen LogP contribution in [-0.4, -0.2) is 22.7 Å². The normalized spacial score (nSPS) is 10.6. The topological polar surface area (TPSA) is 67.0 Å². The van der Waals surface area contributed by atoms with E-state index < -0.39 is 17.5 Å². The molecule has 2 N–H and O–H groups in total. The maximum absolute atomic E-state index is 13.6.